The molecule has 0 bridgehead atoms. The van der Waals surface area contributed by atoms with Crippen molar-refractivity contribution < 1.29 is 36.9 Å². The van der Waals surface area contributed by atoms with Crippen LogP contribution in [0.25, 0.3) is 0 Å². The van der Waals surface area contributed by atoms with Crippen LogP contribution >= 0.6 is 0 Å². The second-order valence-electron chi connectivity index (χ2n) is 8.35. The second-order valence-corrected chi connectivity index (χ2v) is 10.0. The minimum Gasteiger partial charge on any atom is -0.348 e. The fourth-order valence-corrected chi connectivity index (χ4v) is 4.79. The van der Waals surface area contributed by atoms with Gasteiger partial charge in [-0.25, -0.2) is 17.9 Å². The molecule has 3 aliphatic rings. The van der Waals surface area contributed by atoms with Crippen LogP contribution in [0.5, 0.6) is 0 Å². The van der Waals surface area contributed by atoms with Crippen LogP contribution in [-0.4, -0.2) is 63.3 Å². The number of carbonyl (C=O) groups excluding carboxylic acids is 1. The van der Waals surface area contributed by atoms with E-state index in [-0.39, 0.29) is 11.5 Å². The maximum atomic E-state index is 12.6. The Morgan fingerprint density at radius 1 is 1.00 bits per heavy atom. The zero-order valence-corrected chi connectivity index (χ0v) is 18.0. The highest BCUT2D eigenvalue weighted by molar-refractivity contribution is 7.90. The van der Waals surface area contributed by atoms with Gasteiger partial charge in [-0.15, -0.1) is 0 Å². The third-order valence-electron chi connectivity index (χ3n) is 5.06. The Bertz CT molecular complexity index is 904. The Balaban J connectivity index is 1.50. The third kappa shape index (κ3) is 4.32. The van der Waals surface area contributed by atoms with Crippen molar-refractivity contribution in [3.63, 3.8) is 0 Å². The van der Waals surface area contributed by atoms with Crippen molar-refractivity contribution in [2.75, 3.05) is 6.61 Å². The minimum atomic E-state index is -4.03. The quantitative estimate of drug-likeness (QED) is 0.710. The first kappa shape index (κ1) is 21.5. The molecule has 0 aliphatic carbocycles. The largest absolute Gasteiger partial charge is 0.348 e. The SMILES string of the molecule is CC1(C)O[C@H]2O[C@H]([C@H]3COC(C)(C)O3)[C@@H](NC(=O)NS(=O)(=O)c3ccccc3)[C@H]2O1. The molecule has 4 rings (SSSR count). The summed E-state index contributed by atoms with van der Waals surface area (Å²) >= 11 is 0. The normalized spacial score (nSPS) is 34.5. The summed E-state index contributed by atoms with van der Waals surface area (Å²) in [6.45, 7) is 7.28. The number of hydrogen-bond donors (Lipinski definition) is 2. The number of sulfonamides is 1. The van der Waals surface area contributed by atoms with Crippen molar-refractivity contribution in [2.45, 2.75) is 74.8 Å². The topological polar surface area (TPSA) is 121 Å². The van der Waals surface area contributed by atoms with Crippen molar-refractivity contribution >= 4 is 16.1 Å². The van der Waals surface area contributed by atoms with Crippen LogP contribution in [0.3, 0.4) is 0 Å². The average Bonchev–Trinajstić information content (AvgIpc) is 3.25. The molecule has 5 atom stereocenters. The van der Waals surface area contributed by atoms with Gasteiger partial charge in [-0.05, 0) is 39.8 Å². The molecule has 0 unspecified atom stereocenters. The number of rotatable bonds is 4. The summed E-state index contributed by atoms with van der Waals surface area (Å²) in [5, 5.41) is 2.67. The van der Waals surface area contributed by atoms with Crippen molar-refractivity contribution in [3.05, 3.63) is 30.3 Å². The molecule has 10 nitrogen and oxygen atoms in total. The van der Waals surface area contributed by atoms with Gasteiger partial charge < -0.3 is 29.0 Å². The van der Waals surface area contributed by atoms with Crippen LogP contribution in [0, 0.1) is 0 Å². The number of urea groups is 1. The van der Waals surface area contributed by atoms with Gasteiger partial charge in [-0.1, -0.05) is 18.2 Å². The summed E-state index contributed by atoms with van der Waals surface area (Å²) in [4.78, 5) is 12.6. The van der Waals surface area contributed by atoms with Gasteiger partial charge in [-0.3, -0.25) is 0 Å². The molecule has 166 valence electrons. The summed E-state index contributed by atoms with van der Waals surface area (Å²) in [6, 6.07) is 6.01. The van der Waals surface area contributed by atoms with Gasteiger partial charge in [0.2, 0.25) is 0 Å². The summed E-state index contributed by atoms with van der Waals surface area (Å²) < 4.78 is 56.1. The van der Waals surface area contributed by atoms with E-state index < -0.39 is 58.3 Å². The number of benzene rings is 1. The molecule has 3 heterocycles. The molecule has 1 aromatic rings. The van der Waals surface area contributed by atoms with Gasteiger partial charge >= 0.3 is 6.03 Å². The zero-order chi connectivity index (χ0) is 21.7. The minimum absolute atomic E-state index is 0.0203. The molecule has 30 heavy (non-hydrogen) atoms. The van der Waals surface area contributed by atoms with Crippen molar-refractivity contribution in [1.82, 2.24) is 10.0 Å². The van der Waals surface area contributed by atoms with Crippen LogP contribution in [0.1, 0.15) is 27.7 Å². The van der Waals surface area contributed by atoms with Gasteiger partial charge in [0.1, 0.15) is 18.3 Å². The molecule has 3 fully saturated rings. The zero-order valence-electron chi connectivity index (χ0n) is 17.2. The van der Waals surface area contributed by atoms with Crippen molar-refractivity contribution in [3.8, 4) is 0 Å². The van der Waals surface area contributed by atoms with Crippen LogP contribution in [0.2, 0.25) is 0 Å². The van der Waals surface area contributed by atoms with E-state index >= 15 is 0 Å². The maximum Gasteiger partial charge on any atom is 0.329 e. The van der Waals surface area contributed by atoms with Gasteiger partial charge in [0, 0.05) is 0 Å². The summed E-state index contributed by atoms with van der Waals surface area (Å²) in [6.07, 6.45) is -2.50. The van der Waals surface area contributed by atoms with Crippen molar-refractivity contribution in [1.29, 1.82) is 0 Å². The molecular weight excluding hydrogens is 416 g/mol. The molecule has 3 aliphatic heterocycles. The molecule has 2 N–H and O–H groups in total. The monoisotopic (exact) mass is 442 g/mol. The third-order valence-corrected chi connectivity index (χ3v) is 6.41. The number of nitrogens with one attached hydrogen (secondary N) is 2. The van der Waals surface area contributed by atoms with E-state index in [2.05, 4.69) is 5.32 Å². The molecule has 3 saturated heterocycles. The molecular formula is C19H26N2O8S. The highest BCUT2D eigenvalue weighted by Gasteiger charge is 2.58. The van der Waals surface area contributed by atoms with Crippen LogP contribution in [0.4, 0.5) is 4.79 Å². The van der Waals surface area contributed by atoms with Gasteiger partial charge in [0.15, 0.2) is 17.9 Å². The first-order valence-corrected chi connectivity index (χ1v) is 11.2. The van der Waals surface area contributed by atoms with Crippen LogP contribution < -0.4 is 10.0 Å². The Morgan fingerprint density at radius 2 is 1.70 bits per heavy atom. The van der Waals surface area contributed by atoms with Crippen molar-refractivity contribution in [2.24, 2.45) is 0 Å². The molecule has 0 radical (unpaired) electrons. The lowest BCUT2D eigenvalue weighted by Crippen LogP contribution is -2.55. The number of fused-ring (bicyclic) bond motifs is 1. The Kier molecular flexibility index (Phi) is 5.32. The smallest absolute Gasteiger partial charge is 0.329 e. The van der Waals surface area contributed by atoms with E-state index in [1.165, 1.54) is 12.1 Å². The average molecular weight is 442 g/mol. The fourth-order valence-electron chi connectivity index (χ4n) is 3.85. The first-order valence-electron chi connectivity index (χ1n) is 9.67. The van der Waals surface area contributed by atoms with E-state index in [1.54, 1.807) is 45.9 Å². The lowest BCUT2D eigenvalue weighted by atomic mass is 10.0. The summed E-state index contributed by atoms with van der Waals surface area (Å²) in [5.74, 6) is -1.70. The lowest BCUT2D eigenvalue weighted by Gasteiger charge is -2.29. The molecule has 2 amide bonds. The number of carbonyl (C=O) groups is 1. The Hall–Kier alpha value is -1.76. The number of amides is 2. The highest BCUT2D eigenvalue weighted by Crippen LogP contribution is 2.40. The van der Waals surface area contributed by atoms with Gasteiger partial charge in [0.25, 0.3) is 10.0 Å². The second kappa shape index (κ2) is 7.43. The predicted octanol–water partition coefficient (Wildman–Crippen LogP) is 1.07. The van der Waals surface area contributed by atoms with E-state index in [0.29, 0.717) is 0 Å². The molecule has 11 heteroatoms. The van der Waals surface area contributed by atoms with Gasteiger partial charge in [-0.2, -0.15) is 0 Å². The summed E-state index contributed by atoms with van der Waals surface area (Å²) in [5.41, 5.74) is 0. The molecule has 1 aromatic carbocycles. The van der Waals surface area contributed by atoms with E-state index in [0.717, 1.165) is 0 Å². The number of hydrogen-bond acceptors (Lipinski definition) is 8. The fraction of sp³-hybridized carbons (Fsp3) is 0.632. The van der Waals surface area contributed by atoms with E-state index in [9.17, 15) is 13.2 Å². The molecule has 0 saturated carbocycles. The summed E-state index contributed by atoms with van der Waals surface area (Å²) in [7, 11) is -4.03. The van der Waals surface area contributed by atoms with Gasteiger partial charge in [0.05, 0.1) is 17.5 Å². The predicted molar refractivity (Wildman–Crippen MR) is 103 cm³/mol. The Labute approximate surface area is 175 Å². The lowest BCUT2D eigenvalue weighted by molar-refractivity contribution is -0.223. The standard InChI is InChI=1S/C19H26N2O8S/c1-18(2)25-10-12(27-18)14-13(15-16(26-14)29-19(3,4)28-15)20-17(22)21-30(23,24)11-8-6-5-7-9-11/h5-9,12-16H,10H2,1-4H3,(H2,20,21,22)/t12-,13-,14-,15-,16-/m1/s1. The Morgan fingerprint density at radius 3 is 2.33 bits per heavy atom. The maximum absolute atomic E-state index is 12.6. The molecule has 0 spiro atoms. The van der Waals surface area contributed by atoms with Crippen LogP contribution in [-0.2, 0) is 33.7 Å². The number of ether oxygens (including phenoxy) is 5. The van der Waals surface area contributed by atoms with E-state index in [1.807, 2.05) is 4.72 Å². The highest BCUT2D eigenvalue weighted by atomic mass is 32.2. The van der Waals surface area contributed by atoms with E-state index in [4.69, 9.17) is 23.7 Å². The van der Waals surface area contributed by atoms with Crippen LogP contribution in [0.15, 0.2) is 35.2 Å². The molecule has 0 aromatic heterocycles. The first-order chi connectivity index (χ1) is 14.0.